The summed E-state index contributed by atoms with van der Waals surface area (Å²) in [6.45, 7) is 1.81. The van der Waals surface area contributed by atoms with Gasteiger partial charge < -0.3 is 5.32 Å². The smallest absolute Gasteiger partial charge is 0.324 e. The Kier molecular flexibility index (Phi) is 5.10. The van der Waals surface area contributed by atoms with Crippen LogP contribution in [-0.4, -0.2) is 26.4 Å². The molecule has 138 valence electrons. The summed E-state index contributed by atoms with van der Waals surface area (Å²) >= 11 is 0. The van der Waals surface area contributed by atoms with Gasteiger partial charge in [0.25, 0.3) is 0 Å². The Labute approximate surface area is 144 Å². The van der Waals surface area contributed by atoms with Crippen LogP contribution < -0.4 is 5.32 Å². The molecule has 8 nitrogen and oxygen atoms in total. The van der Waals surface area contributed by atoms with Gasteiger partial charge in [-0.05, 0) is 38.1 Å². The third kappa shape index (κ3) is 4.05. The van der Waals surface area contributed by atoms with E-state index in [4.69, 9.17) is 0 Å². The maximum atomic E-state index is 12.9. The fourth-order valence-electron chi connectivity index (χ4n) is 2.22. The number of carbonyl (C=O) groups is 2. The summed E-state index contributed by atoms with van der Waals surface area (Å²) < 4.78 is 39.3. The van der Waals surface area contributed by atoms with E-state index >= 15 is 0 Å². The molecule has 1 N–H and O–H groups in total. The number of rotatable bonds is 5. The molecule has 0 unspecified atom stereocenters. The molecular formula is C15H13F3N4O4. The number of alkyl halides is 3. The molecule has 0 atom stereocenters. The van der Waals surface area contributed by atoms with Crippen molar-refractivity contribution < 1.29 is 27.7 Å². The number of carbonyl (C=O) groups excluding carboxylic acids is 2. The largest absolute Gasteiger partial charge is 0.442 e. The number of nitrogens with zero attached hydrogens (tertiary/aromatic N) is 3. The van der Waals surface area contributed by atoms with Crippen LogP contribution in [0.1, 0.15) is 28.7 Å². The van der Waals surface area contributed by atoms with Crippen LogP contribution in [0, 0.1) is 17.0 Å². The zero-order valence-corrected chi connectivity index (χ0v) is 13.6. The molecule has 11 heteroatoms. The minimum absolute atomic E-state index is 0.165. The molecule has 0 spiro atoms. The number of aromatic nitrogens is 2. The third-order valence-corrected chi connectivity index (χ3v) is 3.49. The first-order valence-electron chi connectivity index (χ1n) is 7.20. The van der Waals surface area contributed by atoms with E-state index in [1.165, 1.54) is 31.2 Å². The number of Topliss-reactive ketones (excluding diaryl/α,β-unsaturated/α-hetero) is 1. The quantitative estimate of drug-likeness (QED) is 0.495. The number of benzene rings is 1. The number of nitro groups is 1. The lowest BCUT2D eigenvalue weighted by molar-refractivity contribution is -0.388. The van der Waals surface area contributed by atoms with Gasteiger partial charge in [-0.3, -0.25) is 24.4 Å². The summed E-state index contributed by atoms with van der Waals surface area (Å²) in [4.78, 5) is 32.9. The molecule has 0 aliphatic carbocycles. The van der Waals surface area contributed by atoms with E-state index in [1.54, 1.807) is 0 Å². The van der Waals surface area contributed by atoms with Gasteiger partial charge in [-0.25, -0.2) is 0 Å². The van der Waals surface area contributed by atoms with Crippen molar-refractivity contribution in [3.8, 4) is 0 Å². The van der Waals surface area contributed by atoms with Gasteiger partial charge in [0.1, 0.15) is 12.2 Å². The van der Waals surface area contributed by atoms with Crippen LogP contribution in [0.15, 0.2) is 24.3 Å². The lowest BCUT2D eigenvalue weighted by Gasteiger charge is -2.07. The van der Waals surface area contributed by atoms with Gasteiger partial charge in [0, 0.05) is 11.3 Å². The third-order valence-electron chi connectivity index (χ3n) is 3.49. The average Bonchev–Trinajstić information content (AvgIpc) is 2.85. The number of halogens is 3. The van der Waals surface area contributed by atoms with Gasteiger partial charge in [-0.2, -0.15) is 18.3 Å². The van der Waals surface area contributed by atoms with Gasteiger partial charge >= 0.3 is 11.9 Å². The van der Waals surface area contributed by atoms with Crippen molar-refractivity contribution in [3.05, 3.63) is 51.3 Å². The molecule has 0 aliphatic rings. The van der Waals surface area contributed by atoms with E-state index in [1.807, 2.05) is 0 Å². The molecule has 0 fully saturated rings. The Morgan fingerprint density at radius 1 is 1.27 bits per heavy atom. The van der Waals surface area contributed by atoms with Gasteiger partial charge in [0.2, 0.25) is 11.6 Å². The minimum Gasteiger partial charge on any atom is -0.324 e. The van der Waals surface area contributed by atoms with Gasteiger partial charge in [0.15, 0.2) is 5.78 Å². The second-order valence-electron chi connectivity index (χ2n) is 5.38. The Balaban J connectivity index is 2.21. The Morgan fingerprint density at radius 2 is 1.85 bits per heavy atom. The van der Waals surface area contributed by atoms with Gasteiger partial charge in [0.05, 0.1) is 4.92 Å². The van der Waals surface area contributed by atoms with E-state index < -0.39 is 34.9 Å². The van der Waals surface area contributed by atoms with Crippen molar-refractivity contribution in [2.24, 2.45) is 0 Å². The van der Waals surface area contributed by atoms with E-state index in [2.05, 4.69) is 10.4 Å². The van der Waals surface area contributed by atoms with E-state index in [0.717, 1.165) is 6.92 Å². The first kappa shape index (κ1) is 19.1. The first-order chi connectivity index (χ1) is 12.0. The number of nitrogens with one attached hydrogen (secondary N) is 1. The first-order valence-corrected chi connectivity index (χ1v) is 7.20. The Hall–Kier alpha value is -3.24. The lowest BCUT2D eigenvalue weighted by atomic mass is 10.1. The van der Waals surface area contributed by atoms with Crippen molar-refractivity contribution in [1.82, 2.24) is 9.78 Å². The Morgan fingerprint density at radius 3 is 2.27 bits per heavy atom. The number of ketones is 1. The van der Waals surface area contributed by atoms with E-state index in [9.17, 15) is 32.9 Å². The molecule has 2 rings (SSSR count). The maximum Gasteiger partial charge on any atom is 0.442 e. The fraction of sp³-hybridized carbons (Fsp3) is 0.267. The average molecular weight is 370 g/mol. The number of anilines is 1. The molecule has 0 bridgehead atoms. The second-order valence-corrected chi connectivity index (χ2v) is 5.38. The highest BCUT2D eigenvalue weighted by Crippen LogP contribution is 2.36. The van der Waals surface area contributed by atoms with Crippen LogP contribution in [0.3, 0.4) is 0 Å². The monoisotopic (exact) mass is 370 g/mol. The zero-order valence-electron chi connectivity index (χ0n) is 13.6. The van der Waals surface area contributed by atoms with Gasteiger partial charge in [-0.1, -0.05) is 0 Å². The molecule has 2 aromatic rings. The summed E-state index contributed by atoms with van der Waals surface area (Å²) in [5, 5.41) is 16.5. The topological polar surface area (TPSA) is 107 Å². The standard InChI is InChI=1S/C15H13F3N4O4/c1-8-13(22(25)26)14(15(16,17)18)20-21(8)7-12(24)19-11-5-3-10(4-6-11)9(2)23/h3-6H,7H2,1-2H3,(H,19,24). The molecule has 0 radical (unpaired) electrons. The van der Waals surface area contributed by atoms with Crippen LogP contribution in [0.5, 0.6) is 0 Å². The van der Waals surface area contributed by atoms with E-state index in [0.29, 0.717) is 15.9 Å². The number of hydrogen-bond acceptors (Lipinski definition) is 5. The van der Waals surface area contributed by atoms with Crippen LogP contribution >= 0.6 is 0 Å². The highest BCUT2D eigenvalue weighted by atomic mass is 19.4. The molecular weight excluding hydrogens is 357 g/mol. The van der Waals surface area contributed by atoms with Crippen molar-refractivity contribution in [1.29, 1.82) is 0 Å². The van der Waals surface area contributed by atoms with Crippen molar-refractivity contribution >= 4 is 23.1 Å². The predicted octanol–water partition coefficient (Wildman–Crippen LogP) is 2.96. The highest BCUT2D eigenvalue weighted by molar-refractivity contribution is 5.95. The number of amides is 1. The molecule has 1 heterocycles. The van der Waals surface area contributed by atoms with Crippen LogP contribution in [0.2, 0.25) is 0 Å². The van der Waals surface area contributed by atoms with Crippen LogP contribution in [0.25, 0.3) is 0 Å². The fourth-order valence-corrected chi connectivity index (χ4v) is 2.22. The SMILES string of the molecule is CC(=O)c1ccc(NC(=O)Cn2nc(C(F)(F)F)c([N+](=O)[O-])c2C)cc1. The molecule has 1 aromatic carbocycles. The molecule has 0 aliphatic heterocycles. The summed E-state index contributed by atoms with van der Waals surface area (Å²) in [6.07, 6.45) is -5.02. The molecule has 26 heavy (non-hydrogen) atoms. The van der Waals surface area contributed by atoms with Crippen LogP contribution in [0.4, 0.5) is 24.5 Å². The molecule has 0 saturated heterocycles. The second kappa shape index (κ2) is 6.94. The van der Waals surface area contributed by atoms with Gasteiger partial charge in [-0.15, -0.1) is 0 Å². The molecule has 1 amide bonds. The summed E-state index contributed by atoms with van der Waals surface area (Å²) in [6, 6.07) is 5.86. The molecule has 1 aromatic heterocycles. The Bertz CT molecular complexity index is 872. The van der Waals surface area contributed by atoms with Crippen molar-refractivity contribution in [2.45, 2.75) is 26.6 Å². The molecule has 0 saturated carbocycles. The maximum absolute atomic E-state index is 12.9. The predicted molar refractivity (Wildman–Crippen MR) is 83.7 cm³/mol. The minimum atomic E-state index is -5.02. The lowest BCUT2D eigenvalue weighted by Crippen LogP contribution is -2.20. The summed E-state index contributed by atoms with van der Waals surface area (Å²) in [5.74, 6) is -0.892. The normalized spacial score (nSPS) is 11.3. The zero-order chi connectivity index (χ0) is 19.6. The van der Waals surface area contributed by atoms with Crippen molar-refractivity contribution in [2.75, 3.05) is 5.32 Å². The summed E-state index contributed by atoms with van der Waals surface area (Å²) in [5.41, 5.74) is -2.48. The van der Waals surface area contributed by atoms with Crippen LogP contribution in [-0.2, 0) is 17.5 Å². The van der Waals surface area contributed by atoms with Crippen molar-refractivity contribution in [3.63, 3.8) is 0 Å². The van der Waals surface area contributed by atoms with E-state index in [-0.39, 0.29) is 11.5 Å². The number of hydrogen-bond donors (Lipinski definition) is 1. The highest BCUT2D eigenvalue weighted by Gasteiger charge is 2.44. The summed E-state index contributed by atoms with van der Waals surface area (Å²) in [7, 11) is 0.